The maximum absolute atomic E-state index is 13.2. The third-order valence-corrected chi connectivity index (χ3v) is 7.41. The Morgan fingerprint density at radius 1 is 1.08 bits per heavy atom. The van der Waals surface area contributed by atoms with Crippen molar-refractivity contribution < 1.29 is 14.3 Å². The fourth-order valence-electron chi connectivity index (χ4n) is 4.45. The number of aryl methyl sites for hydroxylation is 2. The van der Waals surface area contributed by atoms with E-state index in [0.29, 0.717) is 42.3 Å². The summed E-state index contributed by atoms with van der Waals surface area (Å²) in [5, 5.41) is 13.3. The lowest BCUT2D eigenvalue weighted by Crippen LogP contribution is -2.35. The molecule has 8 heteroatoms. The first-order valence-electron chi connectivity index (χ1n) is 12.6. The van der Waals surface area contributed by atoms with Crippen LogP contribution in [0.1, 0.15) is 28.3 Å². The van der Waals surface area contributed by atoms with Gasteiger partial charge >= 0.3 is 0 Å². The molecular weight excluding hydrogens is 498 g/mol. The van der Waals surface area contributed by atoms with Crippen molar-refractivity contribution in [3.05, 3.63) is 111 Å². The van der Waals surface area contributed by atoms with Crippen molar-refractivity contribution in [2.75, 3.05) is 13.2 Å². The number of benzene rings is 2. The van der Waals surface area contributed by atoms with E-state index in [2.05, 4.69) is 31.0 Å². The summed E-state index contributed by atoms with van der Waals surface area (Å²) in [5.74, 6) is 1.30. The molecule has 0 aliphatic rings. The number of thiophene rings is 1. The number of ether oxygens (including phenoxy) is 1. The van der Waals surface area contributed by atoms with Crippen LogP contribution in [-0.4, -0.2) is 39.2 Å². The average molecular weight is 530 g/mol. The van der Waals surface area contributed by atoms with Gasteiger partial charge in [0.2, 0.25) is 0 Å². The zero-order chi connectivity index (χ0) is 26.5. The van der Waals surface area contributed by atoms with Crippen LogP contribution in [0.5, 0.6) is 0 Å². The molecule has 7 nitrogen and oxygen atoms in total. The fourth-order valence-corrected chi connectivity index (χ4v) is 5.41. The Morgan fingerprint density at radius 2 is 1.92 bits per heavy atom. The Morgan fingerprint density at radius 3 is 2.68 bits per heavy atom. The molecule has 196 valence electrons. The molecule has 0 aliphatic heterocycles. The Balaban J connectivity index is 1.32. The van der Waals surface area contributed by atoms with E-state index >= 15 is 0 Å². The van der Waals surface area contributed by atoms with Gasteiger partial charge in [-0.2, -0.15) is 0 Å². The zero-order valence-electron chi connectivity index (χ0n) is 21.5. The fraction of sp³-hybridized carbons (Fsp3) is 0.267. The molecule has 5 aromatic rings. The van der Waals surface area contributed by atoms with Crippen LogP contribution in [0.15, 0.2) is 81.5 Å². The molecule has 0 radical (unpaired) electrons. The molecule has 0 saturated carbocycles. The predicted octanol–water partition coefficient (Wildman–Crippen LogP) is 5.44. The number of nitrogens with one attached hydrogen (secondary N) is 1. The van der Waals surface area contributed by atoms with E-state index in [0.717, 1.165) is 22.5 Å². The second-order valence-electron chi connectivity index (χ2n) is 9.54. The van der Waals surface area contributed by atoms with Crippen LogP contribution in [0, 0.1) is 13.8 Å². The van der Waals surface area contributed by atoms with E-state index in [1.807, 2.05) is 58.8 Å². The maximum Gasteiger partial charge on any atom is 0.260 e. The first kappa shape index (κ1) is 26.1. The monoisotopic (exact) mass is 529 g/mol. The van der Waals surface area contributed by atoms with Gasteiger partial charge in [-0.15, -0.1) is 11.3 Å². The number of H-pyrrole nitrogens is 1. The van der Waals surface area contributed by atoms with Crippen molar-refractivity contribution >= 4 is 21.6 Å². The van der Waals surface area contributed by atoms with Crippen molar-refractivity contribution in [2.45, 2.75) is 39.6 Å². The summed E-state index contributed by atoms with van der Waals surface area (Å²) in [7, 11) is 0. The van der Waals surface area contributed by atoms with Gasteiger partial charge in [0.25, 0.3) is 5.56 Å². The van der Waals surface area contributed by atoms with Gasteiger partial charge in [-0.3, -0.25) is 9.69 Å². The molecule has 0 unspecified atom stereocenters. The summed E-state index contributed by atoms with van der Waals surface area (Å²) in [6.45, 7) is 5.91. The Labute approximate surface area is 225 Å². The normalized spacial score (nSPS) is 12.4. The van der Waals surface area contributed by atoms with Gasteiger partial charge in [0.15, 0.2) is 0 Å². The van der Waals surface area contributed by atoms with E-state index < -0.39 is 6.10 Å². The minimum Gasteiger partial charge on any atom is -0.468 e. The van der Waals surface area contributed by atoms with Crippen LogP contribution < -0.4 is 5.56 Å². The average Bonchev–Trinajstić information content (AvgIpc) is 3.57. The van der Waals surface area contributed by atoms with Crippen molar-refractivity contribution in [2.24, 2.45) is 0 Å². The van der Waals surface area contributed by atoms with E-state index in [4.69, 9.17) is 14.1 Å². The lowest BCUT2D eigenvalue weighted by atomic mass is 10.0. The molecule has 2 aromatic carbocycles. The summed E-state index contributed by atoms with van der Waals surface area (Å²) in [6.07, 6.45) is 0.904. The maximum atomic E-state index is 13.2. The molecule has 0 spiro atoms. The van der Waals surface area contributed by atoms with Gasteiger partial charge in [-0.1, -0.05) is 48.5 Å². The number of nitrogens with zero attached hydrogens (tertiary/aromatic N) is 2. The molecule has 5 rings (SSSR count). The number of fused-ring (bicyclic) bond motifs is 1. The van der Waals surface area contributed by atoms with Crippen LogP contribution in [0.25, 0.3) is 21.3 Å². The Bertz CT molecular complexity index is 1540. The van der Waals surface area contributed by atoms with Gasteiger partial charge < -0.3 is 19.2 Å². The number of hydrogen-bond acceptors (Lipinski definition) is 7. The van der Waals surface area contributed by atoms with Gasteiger partial charge in [-0.05, 0) is 48.2 Å². The standard InChI is InChI=1S/C30H31N3O4S/c1-20-10-11-23(13-21(20)2)26-19-38-30-28(26)29(35)31-27(32-30)16-33(15-25-9-6-12-37-25)14-24(34)18-36-17-22-7-4-3-5-8-22/h3-13,19,24,34H,14-18H2,1-2H3,(H,31,32,35)/t24-/m0/s1. The minimum absolute atomic E-state index is 0.163. The van der Waals surface area contributed by atoms with Gasteiger partial charge in [0.1, 0.15) is 16.4 Å². The number of aliphatic hydroxyl groups excluding tert-OH is 1. The highest BCUT2D eigenvalue weighted by molar-refractivity contribution is 7.17. The molecule has 3 heterocycles. The summed E-state index contributed by atoms with van der Waals surface area (Å²) in [5.41, 5.74) is 5.20. The van der Waals surface area contributed by atoms with Crippen molar-refractivity contribution in [3.63, 3.8) is 0 Å². The van der Waals surface area contributed by atoms with Gasteiger partial charge in [0.05, 0.1) is 44.1 Å². The second kappa shape index (κ2) is 11.9. The topological polar surface area (TPSA) is 91.6 Å². The number of aromatic amines is 1. The van der Waals surface area contributed by atoms with Gasteiger partial charge in [-0.25, -0.2) is 4.98 Å². The lowest BCUT2D eigenvalue weighted by Gasteiger charge is -2.23. The SMILES string of the molecule is Cc1ccc(-c2csc3nc(CN(Cc4ccco4)C[C@H](O)COCc4ccccc4)[nH]c(=O)c23)cc1C. The molecule has 3 aromatic heterocycles. The summed E-state index contributed by atoms with van der Waals surface area (Å²) >= 11 is 1.46. The Hall–Kier alpha value is -3.56. The number of hydrogen-bond donors (Lipinski definition) is 2. The number of furan rings is 1. The Kier molecular flexibility index (Phi) is 8.14. The molecule has 0 bridgehead atoms. The third-order valence-electron chi connectivity index (χ3n) is 6.53. The molecule has 1 atom stereocenters. The van der Waals surface area contributed by atoms with Crippen LogP contribution in [-0.2, 0) is 24.4 Å². The largest absolute Gasteiger partial charge is 0.468 e. The molecular formula is C30H31N3O4S. The second-order valence-corrected chi connectivity index (χ2v) is 10.4. The molecule has 0 fully saturated rings. The van der Waals surface area contributed by atoms with Crippen LogP contribution in [0.2, 0.25) is 0 Å². The smallest absolute Gasteiger partial charge is 0.260 e. The predicted molar refractivity (Wildman–Crippen MR) is 150 cm³/mol. The molecule has 38 heavy (non-hydrogen) atoms. The highest BCUT2D eigenvalue weighted by atomic mass is 32.1. The van der Waals surface area contributed by atoms with E-state index in [9.17, 15) is 9.90 Å². The molecule has 0 aliphatic carbocycles. The molecule has 0 saturated heterocycles. The number of aromatic nitrogens is 2. The van der Waals surface area contributed by atoms with Crippen molar-refractivity contribution in [1.29, 1.82) is 0 Å². The first-order chi connectivity index (χ1) is 18.5. The van der Waals surface area contributed by atoms with E-state index in [-0.39, 0.29) is 12.2 Å². The van der Waals surface area contributed by atoms with E-state index in [1.165, 1.54) is 22.5 Å². The van der Waals surface area contributed by atoms with Crippen molar-refractivity contribution in [1.82, 2.24) is 14.9 Å². The molecule has 0 amide bonds. The number of aliphatic hydroxyl groups is 1. The lowest BCUT2D eigenvalue weighted by molar-refractivity contribution is 0.00573. The van der Waals surface area contributed by atoms with Gasteiger partial charge in [0, 0.05) is 17.5 Å². The zero-order valence-corrected chi connectivity index (χ0v) is 22.3. The quantitative estimate of drug-likeness (QED) is 0.237. The van der Waals surface area contributed by atoms with Crippen LogP contribution in [0.3, 0.4) is 0 Å². The van der Waals surface area contributed by atoms with Crippen LogP contribution in [0.4, 0.5) is 0 Å². The highest BCUT2D eigenvalue weighted by Crippen LogP contribution is 2.31. The van der Waals surface area contributed by atoms with Crippen molar-refractivity contribution in [3.8, 4) is 11.1 Å². The summed E-state index contributed by atoms with van der Waals surface area (Å²) in [6, 6.07) is 19.8. The molecule has 2 N–H and O–H groups in total. The minimum atomic E-state index is -0.720. The summed E-state index contributed by atoms with van der Waals surface area (Å²) in [4.78, 5) is 23.7. The third kappa shape index (κ3) is 6.28. The van der Waals surface area contributed by atoms with E-state index in [1.54, 1.807) is 6.26 Å². The number of rotatable bonds is 11. The van der Waals surface area contributed by atoms with Crippen LogP contribution >= 0.6 is 11.3 Å². The summed E-state index contributed by atoms with van der Waals surface area (Å²) < 4.78 is 11.3. The highest BCUT2D eigenvalue weighted by Gasteiger charge is 2.18. The first-order valence-corrected chi connectivity index (χ1v) is 13.5.